The molecule has 0 saturated carbocycles. The Morgan fingerprint density at radius 2 is 1.50 bits per heavy atom. The second-order valence-electron chi connectivity index (χ2n) is 8.73. The molecule has 0 spiro atoms. The number of amides is 2. The van der Waals surface area contributed by atoms with E-state index in [0.29, 0.717) is 11.5 Å². The third kappa shape index (κ3) is 6.76. The summed E-state index contributed by atoms with van der Waals surface area (Å²) in [5.74, 6) is 0.655. The maximum Gasteiger partial charge on any atom is 0.247 e. The van der Waals surface area contributed by atoms with Gasteiger partial charge in [-0.05, 0) is 41.0 Å². The highest BCUT2D eigenvalue weighted by Crippen LogP contribution is 2.29. The predicted molar refractivity (Wildman–Crippen MR) is 146 cm³/mol. The predicted octanol–water partition coefficient (Wildman–Crippen LogP) is 4.73. The molecule has 0 aliphatic rings. The van der Waals surface area contributed by atoms with E-state index in [-0.39, 0.29) is 31.3 Å². The Labute approximate surface area is 223 Å². The Morgan fingerprint density at radius 3 is 2.16 bits per heavy atom. The standard InChI is InChI=1S/C31H31N3O4/c1-37-27-17-16-24(19-28(27)38-2)20-29(35)34(22-23-11-5-3-6-12-23)30(25-13-7-4-8-14-25)31(36)33-21-26-15-9-10-18-32-26/h3-19,30H,20-22H2,1-2H3,(H,33,36)/t30-/m0/s1. The third-order valence-corrected chi connectivity index (χ3v) is 6.16. The van der Waals surface area contributed by atoms with Crippen molar-refractivity contribution in [3.8, 4) is 11.5 Å². The number of rotatable bonds is 11. The van der Waals surface area contributed by atoms with Gasteiger partial charge in [-0.25, -0.2) is 0 Å². The Hall–Kier alpha value is -4.65. The minimum atomic E-state index is -0.840. The number of hydrogen-bond acceptors (Lipinski definition) is 5. The molecule has 1 atom stereocenters. The molecule has 7 nitrogen and oxygen atoms in total. The quantitative estimate of drug-likeness (QED) is 0.316. The van der Waals surface area contributed by atoms with Crippen LogP contribution in [-0.4, -0.2) is 35.9 Å². The SMILES string of the molecule is COc1ccc(CC(=O)N(Cc2ccccc2)[C@H](C(=O)NCc2ccccn2)c2ccccc2)cc1OC. The molecule has 0 fully saturated rings. The summed E-state index contributed by atoms with van der Waals surface area (Å²) in [5, 5.41) is 2.98. The van der Waals surface area contributed by atoms with Crippen molar-refractivity contribution < 1.29 is 19.1 Å². The molecule has 38 heavy (non-hydrogen) atoms. The highest BCUT2D eigenvalue weighted by molar-refractivity contribution is 5.89. The van der Waals surface area contributed by atoms with Crippen LogP contribution in [0.3, 0.4) is 0 Å². The van der Waals surface area contributed by atoms with Crippen LogP contribution in [-0.2, 0) is 29.1 Å². The Bertz CT molecular complexity index is 1330. The van der Waals surface area contributed by atoms with Crippen molar-refractivity contribution in [2.75, 3.05) is 14.2 Å². The van der Waals surface area contributed by atoms with E-state index in [1.54, 1.807) is 37.4 Å². The van der Waals surface area contributed by atoms with Gasteiger partial charge in [0.2, 0.25) is 11.8 Å². The van der Waals surface area contributed by atoms with Crippen molar-refractivity contribution in [2.24, 2.45) is 0 Å². The summed E-state index contributed by atoms with van der Waals surface area (Å²) < 4.78 is 10.8. The molecular formula is C31H31N3O4. The zero-order valence-electron chi connectivity index (χ0n) is 21.5. The lowest BCUT2D eigenvalue weighted by atomic mass is 10.0. The third-order valence-electron chi connectivity index (χ3n) is 6.16. The van der Waals surface area contributed by atoms with E-state index in [1.807, 2.05) is 84.9 Å². The van der Waals surface area contributed by atoms with E-state index in [1.165, 1.54) is 0 Å². The lowest BCUT2D eigenvalue weighted by molar-refractivity contribution is -0.141. The van der Waals surface area contributed by atoms with Crippen LogP contribution >= 0.6 is 0 Å². The van der Waals surface area contributed by atoms with Crippen LogP contribution in [0.15, 0.2) is 103 Å². The molecule has 1 N–H and O–H groups in total. The summed E-state index contributed by atoms with van der Waals surface area (Å²) in [5.41, 5.74) is 3.14. The van der Waals surface area contributed by atoms with Gasteiger partial charge in [0.15, 0.2) is 11.5 Å². The Morgan fingerprint density at radius 1 is 0.816 bits per heavy atom. The second kappa shape index (κ2) is 13.1. The minimum absolute atomic E-state index is 0.0873. The van der Waals surface area contributed by atoms with Crippen LogP contribution < -0.4 is 14.8 Å². The molecule has 0 aliphatic heterocycles. The lowest BCUT2D eigenvalue weighted by Crippen LogP contribution is -2.44. The van der Waals surface area contributed by atoms with E-state index in [2.05, 4.69) is 10.3 Å². The molecule has 0 bridgehead atoms. The molecule has 4 rings (SSSR count). The van der Waals surface area contributed by atoms with Crippen molar-refractivity contribution in [1.29, 1.82) is 0 Å². The molecule has 0 aliphatic carbocycles. The fourth-order valence-corrected chi connectivity index (χ4v) is 4.26. The van der Waals surface area contributed by atoms with Gasteiger partial charge in [0.05, 0.1) is 32.9 Å². The van der Waals surface area contributed by atoms with Crippen LogP contribution in [0.5, 0.6) is 11.5 Å². The van der Waals surface area contributed by atoms with Crippen molar-refractivity contribution in [3.05, 3.63) is 126 Å². The average Bonchev–Trinajstić information content (AvgIpc) is 2.97. The molecule has 7 heteroatoms. The van der Waals surface area contributed by atoms with Gasteiger partial charge >= 0.3 is 0 Å². The lowest BCUT2D eigenvalue weighted by Gasteiger charge is -2.32. The minimum Gasteiger partial charge on any atom is -0.493 e. The van der Waals surface area contributed by atoms with Crippen LogP contribution in [0.1, 0.15) is 28.4 Å². The molecule has 1 heterocycles. The number of benzene rings is 3. The molecule has 1 aromatic heterocycles. The van der Waals surface area contributed by atoms with Crippen molar-refractivity contribution in [1.82, 2.24) is 15.2 Å². The first-order valence-corrected chi connectivity index (χ1v) is 12.4. The average molecular weight is 510 g/mol. The van der Waals surface area contributed by atoms with Crippen LogP contribution in [0.4, 0.5) is 0 Å². The molecule has 2 amide bonds. The molecular weight excluding hydrogens is 478 g/mol. The largest absolute Gasteiger partial charge is 0.493 e. The number of methoxy groups -OCH3 is 2. The molecule has 0 unspecified atom stereocenters. The van der Waals surface area contributed by atoms with E-state index < -0.39 is 6.04 Å². The molecule has 0 radical (unpaired) electrons. The van der Waals surface area contributed by atoms with Gasteiger partial charge in [-0.3, -0.25) is 14.6 Å². The molecule has 194 valence electrons. The number of carbonyl (C=O) groups excluding carboxylic acids is 2. The van der Waals surface area contributed by atoms with Gasteiger partial charge in [-0.1, -0.05) is 72.8 Å². The normalized spacial score (nSPS) is 11.3. The number of ether oxygens (including phenoxy) is 2. The molecule has 4 aromatic rings. The molecule has 3 aromatic carbocycles. The summed E-state index contributed by atoms with van der Waals surface area (Å²) in [4.78, 5) is 33.6. The number of nitrogens with zero attached hydrogens (tertiary/aromatic N) is 2. The second-order valence-corrected chi connectivity index (χ2v) is 8.73. The summed E-state index contributed by atoms with van der Waals surface area (Å²) in [6.45, 7) is 0.523. The number of aromatic nitrogens is 1. The first kappa shape index (κ1) is 26.4. The first-order valence-electron chi connectivity index (χ1n) is 12.4. The summed E-state index contributed by atoms with van der Waals surface area (Å²) in [6, 6.07) is 29.1. The smallest absolute Gasteiger partial charge is 0.247 e. The first-order chi connectivity index (χ1) is 18.6. The van der Waals surface area contributed by atoms with Crippen LogP contribution in [0.2, 0.25) is 0 Å². The Kier molecular flexibility index (Phi) is 9.07. The van der Waals surface area contributed by atoms with E-state index in [0.717, 1.165) is 22.4 Å². The highest BCUT2D eigenvalue weighted by Gasteiger charge is 2.31. The highest BCUT2D eigenvalue weighted by atomic mass is 16.5. The van der Waals surface area contributed by atoms with Gasteiger partial charge in [0.25, 0.3) is 0 Å². The van der Waals surface area contributed by atoms with Gasteiger partial charge in [-0.2, -0.15) is 0 Å². The van der Waals surface area contributed by atoms with E-state index in [9.17, 15) is 9.59 Å². The van der Waals surface area contributed by atoms with Gasteiger partial charge in [0.1, 0.15) is 6.04 Å². The maximum atomic E-state index is 13.9. The number of carbonyl (C=O) groups is 2. The fraction of sp³-hybridized carbons (Fsp3) is 0.194. The maximum absolute atomic E-state index is 13.9. The van der Waals surface area contributed by atoms with E-state index >= 15 is 0 Å². The molecule has 0 saturated heterocycles. The van der Waals surface area contributed by atoms with Gasteiger partial charge < -0.3 is 19.7 Å². The van der Waals surface area contributed by atoms with Crippen molar-refractivity contribution in [2.45, 2.75) is 25.6 Å². The Balaban J connectivity index is 1.67. The van der Waals surface area contributed by atoms with Crippen molar-refractivity contribution in [3.63, 3.8) is 0 Å². The van der Waals surface area contributed by atoms with Crippen molar-refractivity contribution >= 4 is 11.8 Å². The number of hydrogen-bond donors (Lipinski definition) is 1. The summed E-state index contributed by atoms with van der Waals surface area (Å²) in [7, 11) is 3.13. The van der Waals surface area contributed by atoms with E-state index in [4.69, 9.17) is 9.47 Å². The fourth-order valence-electron chi connectivity index (χ4n) is 4.26. The van der Waals surface area contributed by atoms with Gasteiger partial charge in [0, 0.05) is 12.7 Å². The van der Waals surface area contributed by atoms with Crippen LogP contribution in [0, 0.1) is 0 Å². The number of pyridine rings is 1. The zero-order valence-corrected chi connectivity index (χ0v) is 21.5. The summed E-state index contributed by atoms with van der Waals surface area (Å²) in [6.07, 6.45) is 1.77. The monoisotopic (exact) mass is 509 g/mol. The topological polar surface area (TPSA) is 80.8 Å². The summed E-state index contributed by atoms with van der Waals surface area (Å²) >= 11 is 0. The van der Waals surface area contributed by atoms with Crippen LogP contribution in [0.25, 0.3) is 0 Å². The number of nitrogens with one attached hydrogen (secondary N) is 1. The van der Waals surface area contributed by atoms with Gasteiger partial charge in [-0.15, -0.1) is 0 Å². The zero-order chi connectivity index (χ0) is 26.7.